The highest BCUT2D eigenvalue weighted by Crippen LogP contribution is 2.21. The average molecular weight is 292 g/mol. The number of hydrogen-bond donors (Lipinski definition) is 2. The van der Waals surface area contributed by atoms with Crippen molar-refractivity contribution in [3.05, 3.63) is 29.3 Å². The monoisotopic (exact) mass is 292 g/mol. The van der Waals surface area contributed by atoms with Gasteiger partial charge in [-0.15, -0.1) is 0 Å². The van der Waals surface area contributed by atoms with Crippen LogP contribution < -0.4 is 5.32 Å². The van der Waals surface area contributed by atoms with Gasteiger partial charge in [0.15, 0.2) is 0 Å². The smallest absolute Gasteiger partial charge is 0.336 e. The van der Waals surface area contributed by atoms with Crippen LogP contribution in [0.15, 0.2) is 18.2 Å². The molecular weight excluding hydrogens is 272 g/mol. The quantitative estimate of drug-likeness (QED) is 0.877. The van der Waals surface area contributed by atoms with Crippen LogP contribution in [0.3, 0.4) is 0 Å². The zero-order chi connectivity index (χ0) is 15.6. The summed E-state index contributed by atoms with van der Waals surface area (Å²) in [6.07, 6.45) is 0. The summed E-state index contributed by atoms with van der Waals surface area (Å²) in [5.74, 6) is -1.00. The van der Waals surface area contributed by atoms with E-state index in [-0.39, 0.29) is 17.1 Å². The number of urea groups is 1. The number of anilines is 1. The lowest BCUT2D eigenvalue weighted by Crippen LogP contribution is -2.56. The lowest BCUT2D eigenvalue weighted by molar-refractivity contribution is -0.0249. The third kappa shape index (κ3) is 3.33. The van der Waals surface area contributed by atoms with E-state index in [1.807, 2.05) is 13.8 Å². The number of carboxylic acid groups (broad SMARTS) is 1. The molecule has 6 nitrogen and oxygen atoms in total. The predicted molar refractivity (Wildman–Crippen MR) is 78.8 cm³/mol. The minimum atomic E-state index is -1.00. The van der Waals surface area contributed by atoms with E-state index in [0.29, 0.717) is 31.0 Å². The summed E-state index contributed by atoms with van der Waals surface area (Å²) >= 11 is 0. The van der Waals surface area contributed by atoms with Crippen molar-refractivity contribution in [2.45, 2.75) is 26.3 Å². The van der Waals surface area contributed by atoms with Crippen molar-refractivity contribution >= 4 is 17.7 Å². The second-order valence-electron chi connectivity index (χ2n) is 5.78. The van der Waals surface area contributed by atoms with Crippen molar-refractivity contribution < 1.29 is 19.4 Å². The maximum atomic E-state index is 12.4. The van der Waals surface area contributed by atoms with Crippen LogP contribution in [0.25, 0.3) is 0 Å². The topological polar surface area (TPSA) is 78.9 Å². The Kier molecular flexibility index (Phi) is 4.18. The van der Waals surface area contributed by atoms with Crippen LogP contribution >= 0.6 is 0 Å². The minimum absolute atomic E-state index is 0.189. The van der Waals surface area contributed by atoms with Crippen LogP contribution in [0, 0.1) is 6.92 Å². The van der Waals surface area contributed by atoms with Gasteiger partial charge >= 0.3 is 12.0 Å². The van der Waals surface area contributed by atoms with Crippen molar-refractivity contribution in [2.75, 3.05) is 25.1 Å². The number of aryl methyl sites for hydroxylation is 1. The molecule has 2 rings (SSSR count). The van der Waals surface area contributed by atoms with E-state index in [9.17, 15) is 9.59 Å². The third-order valence-electron chi connectivity index (χ3n) is 3.61. The first-order valence-corrected chi connectivity index (χ1v) is 6.81. The highest BCUT2D eigenvalue weighted by Gasteiger charge is 2.34. The van der Waals surface area contributed by atoms with Crippen LogP contribution in [0.2, 0.25) is 0 Å². The zero-order valence-corrected chi connectivity index (χ0v) is 12.5. The molecule has 6 heteroatoms. The first kappa shape index (κ1) is 15.3. The normalized spacial score (nSPS) is 17.4. The van der Waals surface area contributed by atoms with E-state index in [2.05, 4.69) is 5.32 Å². The number of nitrogens with one attached hydrogen (secondary N) is 1. The molecule has 2 N–H and O–H groups in total. The Bertz CT molecular complexity index is 569. The van der Waals surface area contributed by atoms with Gasteiger partial charge in [0.2, 0.25) is 0 Å². The molecule has 1 aliphatic heterocycles. The van der Waals surface area contributed by atoms with E-state index in [4.69, 9.17) is 9.84 Å². The molecule has 1 heterocycles. The number of rotatable bonds is 2. The summed E-state index contributed by atoms with van der Waals surface area (Å²) in [5, 5.41) is 11.9. The van der Waals surface area contributed by atoms with Gasteiger partial charge in [0.25, 0.3) is 0 Å². The second kappa shape index (κ2) is 5.73. The van der Waals surface area contributed by atoms with Crippen LogP contribution in [0.1, 0.15) is 29.8 Å². The van der Waals surface area contributed by atoms with Gasteiger partial charge in [-0.3, -0.25) is 0 Å². The fourth-order valence-corrected chi connectivity index (χ4v) is 2.36. The fraction of sp³-hybridized carbons (Fsp3) is 0.467. The van der Waals surface area contributed by atoms with Gasteiger partial charge < -0.3 is 20.1 Å². The Morgan fingerprint density at radius 1 is 1.38 bits per heavy atom. The maximum Gasteiger partial charge on any atom is 0.336 e. The molecule has 0 aliphatic carbocycles. The van der Waals surface area contributed by atoms with E-state index < -0.39 is 5.97 Å². The molecule has 0 aromatic heterocycles. The molecular formula is C15H20N2O4. The predicted octanol–water partition coefficient (Wildman–Crippen LogP) is 2.34. The molecule has 0 bridgehead atoms. The van der Waals surface area contributed by atoms with Gasteiger partial charge in [-0.1, -0.05) is 6.07 Å². The molecule has 0 atom stereocenters. The molecule has 1 aromatic carbocycles. The highest BCUT2D eigenvalue weighted by atomic mass is 16.5. The Balaban J connectivity index is 2.16. The summed E-state index contributed by atoms with van der Waals surface area (Å²) < 4.78 is 5.38. The number of benzene rings is 1. The number of nitrogens with zero attached hydrogens (tertiary/aromatic N) is 1. The summed E-state index contributed by atoms with van der Waals surface area (Å²) in [4.78, 5) is 25.2. The van der Waals surface area contributed by atoms with Gasteiger partial charge in [-0.05, 0) is 38.5 Å². The Morgan fingerprint density at radius 3 is 2.71 bits per heavy atom. The van der Waals surface area contributed by atoms with E-state index >= 15 is 0 Å². The molecule has 0 saturated carbocycles. The van der Waals surface area contributed by atoms with E-state index in [1.54, 1.807) is 24.0 Å². The number of hydrogen-bond acceptors (Lipinski definition) is 3. The number of carboxylic acids is 1. The van der Waals surface area contributed by atoms with Gasteiger partial charge in [0, 0.05) is 12.2 Å². The SMILES string of the molecule is Cc1ccc(NC(=O)N2CCOCC2(C)C)cc1C(=O)O. The van der Waals surface area contributed by atoms with Crippen molar-refractivity contribution in [2.24, 2.45) is 0 Å². The second-order valence-corrected chi connectivity index (χ2v) is 5.78. The van der Waals surface area contributed by atoms with E-state index in [1.165, 1.54) is 6.07 Å². The Hall–Kier alpha value is -2.08. The largest absolute Gasteiger partial charge is 0.478 e. The number of morpholine rings is 1. The number of aromatic carboxylic acids is 1. The lowest BCUT2D eigenvalue weighted by atomic mass is 10.0. The molecule has 1 aromatic rings. The van der Waals surface area contributed by atoms with Crippen LogP contribution in [-0.2, 0) is 4.74 Å². The summed E-state index contributed by atoms with van der Waals surface area (Å²) in [6, 6.07) is 4.61. The van der Waals surface area contributed by atoms with Crippen LogP contribution in [0.5, 0.6) is 0 Å². The summed E-state index contributed by atoms with van der Waals surface area (Å²) in [5.41, 5.74) is 0.939. The highest BCUT2D eigenvalue weighted by molar-refractivity contribution is 5.94. The number of carbonyl (C=O) groups excluding carboxylic acids is 1. The fourth-order valence-electron chi connectivity index (χ4n) is 2.36. The molecule has 1 aliphatic rings. The Labute approximate surface area is 123 Å². The maximum absolute atomic E-state index is 12.4. The zero-order valence-electron chi connectivity index (χ0n) is 12.5. The molecule has 0 unspecified atom stereocenters. The van der Waals surface area contributed by atoms with Crippen molar-refractivity contribution in [3.63, 3.8) is 0 Å². The minimum Gasteiger partial charge on any atom is -0.478 e. The molecule has 1 fully saturated rings. The molecule has 2 amide bonds. The first-order valence-electron chi connectivity index (χ1n) is 6.81. The first-order chi connectivity index (χ1) is 9.81. The van der Waals surface area contributed by atoms with Crippen LogP contribution in [0.4, 0.5) is 10.5 Å². The molecule has 0 radical (unpaired) electrons. The number of amides is 2. The summed E-state index contributed by atoms with van der Waals surface area (Å²) in [6.45, 7) is 7.09. The number of ether oxygens (including phenoxy) is 1. The molecule has 21 heavy (non-hydrogen) atoms. The number of carbonyl (C=O) groups is 2. The van der Waals surface area contributed by atoms with Crippen molar-refractivity contribution in [1.82, 2.24) is 4.90 Å². The standard InChI is InChI=1S/C15H20N2O4/c1-10-4-5-11(8-12(10)13(18)19)16-14(20)17-6-7-21-9-15(17,2)3/h4-5,8H,6-7,9H2,1-3H3,(H,16,20)(H,18,19). The third-order valence-corrected chi connectivity index (χ3v) is 3.61. The van der Waals surface area contributed by atoms with Gasteiger partial charge in [-0.25, -0.2) is 9.59 Å². The van der Waals surface area contributed by atoms with Gasteiger partial charge in [0.05, 0.1) is 24.3 Å². The molecule has 1 saturated heterocycles. The van der Waals surface area contributed by atoms with Crippen molar-refractivity contribution in [1.29, 1.82) is 0 Å². The van der Waals surface area contributed by atoms with Crippen molar-refractivity contribution in [3.8, 4) is 0 Å². The average Bonchev–Trinajstić information content (AvgIpc) is 2.40. The van der Waals surface area contributed by atoms with Crippen LogP contribution in [-0.4, -0.2) is 47.3 Å². The lowest BCUT2D eigenvalue weighted by Gasteiger charge is -2.41. The Morgan fingerprint density at radius 2 is 2.10 bits per heavy atom. The van der Waals surface area contributed by atoms with Gasteiger partial charge in [-0.2, -0.15) is 0 Å². The molecule has 114 valence electrons. The summed E-state index contributed by atoms with van der Waals surface area (Å²) in [7, 11) is 0. The van der Waals surface area contributed by atoms with Gasteiger partial charge in [0.1, 0.15) is 0 Å². The molecule has 0 spiro atoms. The van der Waals surface area contributed by atoms with E-state index in [0.717, 1.165) is 0 Å².